The molecule has 2 aromatic carbocycles. The van der Waals surface area contributed by atoms with Crippen LogP contribution in [0.2, 0.25) is 0 Å². The summed E-state index contributed by atoms with van der Waals surface area (Å²) >= 11 is 0. The molecule has 0 radical (unpaired) electrons. The Morgan fingerprint density at radius 2 is 1.68 bits per heavy atom. The van der Waals surface area contributed by atoms with Gasteiger partial charge in [0, 0.05) is 25.1 Å². The van der Waals surface area contributed by atoms with Crippen LogP contribution in [0.4, 0.5) is 18.9 Å². The fraction of sp³-hybridized carbons (Fsp3) is 0.364. The SMILES string of the molecule is C=C1CC=C(c2ccc(NC(C)=O)cc2)/C1=C/C(C)=C(\C)CCC.CC.Cc1ccc(C(C)(F)F)cc1F. The van der Waals surface area contributed by atoms with Crippen molar-refractivity contribution in [2.45, 2.75) is 80.6 Å². The monoisotopic (exact) mass is 525 g/mol. The van der Waals surface area contributed by atoms with Crippen LogP contribution in [0.1, 0.15) is 84.4 Å². The van der Waals surface area contributed by atoms with E-state index in [1.54, 1.807) is 0 Å². The summed E-state index contributed by atoms with van der Waals surface area (Å²) in [5.74, 6) is -3.60. The van der Waals surface area contributed by atoms with Crippen molar-refractivity contribution in [1.82, 2.24) is 0 Å². The number of amides is 1. The molecule has 0 aliphatic heterocycles. The van der Waals surface area contributed by atoms with Crippen LogP contribution in [0.3, 0.4) is 0 Å². The highest BCUT2D eigenvalue weighted by Gasteiger charge is 2.24. The number of halogens is 3. The first kappa shape index (κ1) is 32.7. The molecule has 0 atom stereocenters. The highest BCUT2D eigenvalue weighted by atomic mass is 19.3. The Balaban J connectivity index is 0.000000432. The van der Waals surface area contributed by atoms with Gasteiger partial charge in [0.15, 0.2) is 0 Å². The summed E-state index contributed by atoms with van der Waals surface area (Å²) in [6.07, 6.45) is 7.71. The number of hydrogen-bond acceptors (Lipinski definition) is 1. The maximum absolute atomic E-state index is 12.8. The molecular formula is C33H42F3NO. The lowest BCUT2D eigenvalue weighted by molar-refractivity contribution is -0.114. The van der Waals surface area contributed by atoms with Crippen molar-refractivity contribution in [3.8, 4) is 0 Å². The summed E-state index contributed by atoms with van der Waals surface area (Å²) in [7, 11) is 0. The summed E-state index contributed by atoms with van der Waals surface area (Å²) in [4.78, 5) is 11.1. The zero-order chi connectivity index (χ0) is 29.0. The Kier molecular flexibility index (Phi) is 13.0. The molecule has 0 bridgehead atoms. The number of allylic oxidation sites excluding steroid dienone is 7. The number of anilines is 1. The van der Waals surface area contributed by atoms with E-state index in [-0.39, 0.29) is 11.5 Å². The number of nitrogens with one attached hydrogen (secondary N) is 1. The van der Waals surface area contributed by atoms with Gasteiger partial charge in [-0.2, -0.15) is 0 Å². The fourth-order valence-corrected chi connectivity index (χ4v) is 3.80. The second-order valence-corrected chi connectivity index (χ2v) is 9.31. The van der Waals surface area contributed by atoms with Crippen LogP contribution in [-0.2, 0) is 10.7 Å². The highest BCUT2D eigenvalue weighted by Crippen LogP contribution is 2.38. The number of rotatable bonds is 6. The normalized spacial score (nSPS) is 14.6. The largest absolute Gasteiger partial charge is 0.326 e. The van der Waals surface area contributed by atoms with E-state index in [0.29, 0.717) is 5.56 Å². The molecule has 0 saturated carbocycles. The van der Waals surface area contributed by atoms with E-state index >= 15 is 0 Å². The van der Waals surface area contributed by atoms with E-state index in [4.69, 9.17) is 0 Å². The van der Waals surface area contributed by atoms with Crippen LogP contribution in [0, 0.1) is 12.7 Å². The zero-order valence-corrected chi connectivity index (χ0v) is 24.1. The van der Waals surface area contributed by atoms with Crippen molar-refractivity contribution in [2.24, 2.45) is 0 Å². The number of aryl methyl sites for hydroxylation is 1. The molecule has 0 fully saturated rings. The molecule has 2 nitrogen and oxygen atoms in total. The maximum atomic E-state index is 12.8. The third-order valence-corrected chi connectivity index (χ3v) is 6.08. The summed E-state index contributed by atoms with van der Waals surface area (Å²) in [5, 5.41) is 2.81. The average molecular weight is 526 g/mol. The molecule has 0 heterocycles. The Labute approximate surface area is 227 Å². The Morgan fingerprint density at radius 3 is 2.18 bits per heavy atom. The van der Waals surface area contributed by atoms with Crippen LogP contribution in [0.5, 0.6) is 0 Å². The number of benzene rings is 2. The highest BCUT2D eigenvalue weighted by molar-refractivity contribution is 5.90. The Hall–Kier alpha value is -3.34. The van der Waals surface area contributed by atoms with Crippen molar-refractivity contribution in [3.63, 3.8) is 0 Å². The zero-order valence-electron chi connectivity index (χ0n) is 24.1. The van der Waals surface area contributed by atoms with Crippen molar-refractivity contribution in [2.75, 3.05) is 5.32 Å². The van der Waals surface area contributed by atoms with Crippen molar-refractivity contribution < 1.29 is 18.0 Å². The van der Waals surface area contributed by atoms with Gasteiger partial charge in [0.25, 0.3) is 5.92 Å². The molecule has 1 aliphatic rings. The van der Waals surface area contributed by atoms with Gasteiger partial charge in [-0.1, -0.05) is 81.3 Å². The van der Waals surface area contributed by atoms with Crippen LogP contribution >= 0.6 is 0 Å². The predicted molar refractivity (Wildman–Crippen MR) is 156 cm³/mol. The van der Waals surface area contributed by atoms with Gasteiger partial charge in [0.1, 0.15) is 5.82 Å². The van der Waals surface area contributed by atoms with E-state index in [0.717, 1.165) is 37.1 Å². The molecule has 2 aromatic rings. The molecule has 1 N–H and O–H groups in total. The molecule has 1 aliphatic carbocycles. The molecule has 1 amide bonds. The molecule has 206 valence electrons. The number of alkyl halides is 2. The molecule has 38 heavy (non-hydrogen) atoms. The van der Waals surface area contributed by atoms with Gasteiger partial charge in [-0.25, -0.2) is 13.2 Å². The predicted octanol–water partition coefficient (Wildman–Crippen LogP) is 10.3. The lowest BCUT2D eigenvalue weighted by Crippen LogP contribution is -2.07. The molecular weight excluding hydrogens is 483 g/mol. The lowest BCUT2D eigenvalue weighted by Gasteiger charge is -2.11. The quantitative estimate of drug-likeness (QED) is 0.399. The Morgan fingerprint density at radius 1 is 1.08 bits per heavy atom. The smallest absolute Gasteiger partial charge is 0.270 e. The van der Waals surface area contributed by atoms with Crippen LogP contribution in [-0.4, -0.2) is 5.91 Å². The van der Waals surface area contributed by atoms with E-state index in [9.17, 15) is 18.0 Å². The minimum Gasteiger partial charge on any atom is -0.326 e. The molecule has 5 heteroatoms. The van der Waals surface area contributed by atoms with Crippen molar-refractivity contribution in [1.29, 1.82) is 0 Å². The summed E-state index contributed by atoms with van der Waals surface area (Å²) in [5.41, 5.74) is 8.47. The topological polar surface area (TPSA) is 29.1 Å². The molecule has 0 unspecified atom stereocenters. The fourth-order valence-electron chi connectivity index (χ4n) is 3.80. The maximum Gasteiger partial charge on any atom is 0.270 e. The summed E-state index contributed by atoms with van der Waals surface area (Å²) < 4.78 is 38.0. The Bertz CT molecular complexity index is 1200. The number of hydrogen-bond donors (Lipinski definition) is 1. The van der Waals surface area contributed by atoms with Crippen LogP contribution in [0.15, 0.2) is 83.5 Å². The van der Waals surface area contributed by atoms with E-state index in [2.05, 4.69) is 57.0 Å². The van der Waals surface area contributed by atoms with E-state index < -0.39 is 11.7 Å². The summed E-state index contributed by atoms with van der Waals surface area (Å²) in [6.45, 7) is 18.6. The molecule has 0 spiro atoms. The van der Waals surface area contributed by atoms with Gasteiger partial charge >= 0.3 is 0 Å². The van der Waals surface area contributed by atoms with Crippen LogP contribution < -0.4 is 5.32 Å². The van der Waals surface area contributed by atoms with Crippen molar-refractivity contribution >= 4 is 17.2 Å². The first-order valence-electron chi connectivity index (χ1n) is 13.1. The van der Waals surface area contributed by atoms with Crippen molar-refractivity contribution in [3.05, 3.63) is 106 Å². The third kappa shape index (κ3) is 9.85. The minimum atomic E-state index is -2.96. The lowest BCUT2D eigenvalue weighted by atomic mass is 9.95. The number of carbonyl (C=O) groups is 1. The van der Waals surface area contributed by atoms with Gasteiger partial charge in [-0.05, 0) is 79.7 Å². The summed E-state index contributed by atoms with van der Waals surface area (Å²) in [6, 6.07) is 11.5. The molecule has 0 aromatic heterocycles. The molecule has 0 saturated heterocycles. The first-order valence-corrected chi connectivity index (χ1v) is 13.1. The molecule has 3 rings (SSSR count). The van der Waals surface area contributed by atoms with Crippen LogP contribution in [0.25, 0.3) is 5.57 Å². The first-order chi connectivity index (χ1) is 17.8. The second-order valence-electron chi connectivity index (χ2n) is 9.31. The van der Waals surface area contributed by atoms with Gasteiger partial charge in [0.2, 0.25) is 5.91 Å². The van der Waals surface area contributed by atoms with E-state index in [1.807, 2.05) is 26.0 Å². The van der Waals surface area contributed by atoms with Gasteiger partial charge in [-0.15, -0.1) is 0 Å². The minimum absolute atomic E-state index is 0.0519. The third-order valence-electron chi connectivity index (χ3n) is 6.08. The number of carbonyl (C=O) groups excluding carboxylic acids is 1. The van der Waals surface area contributed by atoms with Gasteiger partial charge in [-0.3, -0.25) is 4.79 Å². The van der Waals surface area contributed by atoms with E-state index in [1.165, 1.54) is 60.3 Å². The second kappa shape index (κ2) is 15.2. The standard InChI is InChI=1S/C22H27NO.C9H9F3.C2H6/c1-6-7-15(2)17(4)14-22-16(3)8-13-21(22)19-9-11-20(12-10-19)23-18(5)24;1-6-3-4-7(5-8(6)10)9(2,11)12;1-2/h9-14H,3,6-8H2,1-2,4-5H3,(H,23,24);3-5H,1-2H3;1-2H3/b17-15+,22-14+;;. The van der Waals surface area contributed by atoms with Gasteiger partial charge < -0.3 is 5.32 Å². The van der Waals surface area contributed by atoms with Gasteiger partial charge in [0.05, 0.1) is 0 Å². The average Bonchev–Trinajstić information content (AvgIpc) is 3.22.